The Morgan fingerprint density at radius 2 is 2.26 bits per heavy atom. The second-order valence-corrected chi connectivity index (χ2v) is 8.34. The van der Waals surface area contributed by atoms with Gasteiger partial charge in [0.1, 0.15) is 10.5 Å². The van der Waals surface area contributed by atoms with Gasteiger partial charge in [-0.2, -0.15) is 4.31 Å². The summed E-state index contributed by atoms with van der Waals surface area (Å²) < 4.78 is 28.3. The molecule has 23 heavy (non-hydrogen) atoms. The van der Waals surface area contributed by atoms with Gasteiger partial charge in [0.05, 0.1) is 0 Å². The number of H-pyrrole nitrogens is 1. The van der Waals surface area contributed by atoms with Crippen molar-refractivity contribution in [1.82, 2.24) is 19.2 Å². The quantitative estimate of drug-likeness (QED) is 0.929. The zero-order chi connectivity index (χ0) is 16.0. The van der Waals surface area contributed by atoms with E-state index in [4.69, 9.17) is 0 Å². The first-order valence-corrected chi connectivity index (χ1v) is 9.73. The molecule has 0 bridgehead atoms. The van der Waals surface area contributed by atoms with E-state index >= 15 is 0 Å². The van der Waals surface area contributed by atoms with Crippen LogP contribution in [0.25, 0.3) is 11.0 Å². The van der Waals surface area contributed by atoms with Crippen LogP contribution in [0.2, 0.25) is 0 Å². The molecule has 2 aliphatic heterocycles. The van der Waals surface area contributed by atoms with E-state index in [0.717, 1.165) is 25.9 Å². The van der Waals surface area contributed by atoms with Crippen molar-refractivity contribution in [3.8, 4) is 0 Å². The van der Waals surface area contributed by atoms with Crippen molar-refractivity contribution in [3.63, 3.8) is 0 Å². The number of nitrogens with zero attached hydrogens (tertiary/aromatic N) is 3. The van der Waals surface area contributed by atoms with E-state index in [1.165, 1.54) is 6.42 Å². The summed E-state index contributed by atoms with van der Waals surface area (Å²) in [7, 11) is -3.51. The van der Waals surface area contributed by atoms with Crippen LogP contribution in [0.15, 0.2) is 29.4 Å². The molecule has 4 rings (SSSR count). The SMILES string of the molecule is CC[C@@H]1CN2CCC[C@H]2CN1S(=O)(=O)c1c[nH]c2ncccc12. The number of fused-ring (bicyclic) bond motifs is 2. The lowest BCUT2D eigenvalue weighted by atomic mass is 10.1. The van der Waals surface area contributed by atoms with Gasteiger partial charge in [0.2, 0.25) is 10.0 Å². The van der Waals surface area contributed by atoms with E-state index in [0.29, 0.717) is 28.5 Å². The standard InChI is InChI=1S/C16H22N4O2S/c1-2-12-10-19-8-4-5-13(19)11-20(12)23(21,22)15-9-18-16-14(15)6-3-7-17-16/h3,6-7,9,12-13H,2,4-5,8,10-11H2,1H3,(H,17,18)/t12-,13+/m1/s1. The van der Waals surface area contributed by atoms with Gasteiger partial charge in [0.25, 0.3) is 0 Å². The summed E-state index contributed by atoms with van der Waals surface area (Å²) in [5.41, 5.74) is 0.624. The third-order valence-electron chi connectivity index (χ3n) is 5.21. The molecule has 7 heteroatoms. The smallest absolute Gasteiger partial charge is 0.245 e. The molecule has 2 aliphatic rings. The number of hydrogen-bond donors (Lipinski definition) is 1. The van der Waals surface area contributed by atoms with Gasteiger partial charge in [-0.05, 0) is 37.9 Å². The Balaban J connectivity index is 1.74. The minimum atomic E-state index is -3.51. The van der Waals surface area contributed by atoms with Crippen LogP contribution in [0.5, 0.6) is 0 Å². The number of piperazine rings is 1. The molecular weight excluding hydrogens is 312 g/mol. The lowest BCUT2D eigenvalue weighted by Gasteiger charge is -2.42. The first-order valence-electron chi connectivity index (χ1n) is 8.29. The minimum absolute atomic E-state index is 0.0518. The molecular formula is C16H22N4O2S. The largest absolute Gasteiger partial charge is 0.345 e. The number of hydrogen-bond acceptors (Lipinski definition) is 4. The van der Waals surface area contributed by atoms with Crippen LogP contribution in [0, 0.1) is 0 Å². The van der Waals surface area contributed by atoms with E-state index < -0.39 is 10.0 Å². The highest BCUT2D eigenvalue weighted by molar-refractivity contribution is 7.89. The Kier molecular flexibility index (Phi) is 3.66. The summed E-state index contributed by atoms with van der Waals surface area (Å²) in [5, 5.41) is 0.677. The number of sulfonamides is 1. The second kappa shape index (κ2) is 5.58. The van der Waals surface area contributed by atoms with Crippen molar-refractivity contribution in [2.24, 2.45) is 0 Å². The molecule has 0 saturated carbocycles. The number of rotatable bonds is 3. The monoisotopic (exact) mass is 334 g/mol. The summed E-state index contributed by atoms with van der Waals surface area (Å²) in [6, 6.07) is 4.02. The predicted octanol–water partition coefficient (Wildman–Crippen LogP) is 1.81. The van der Waals surface area contributed by atoms with E-state index in [-0.39, 0.29) is 6.04 Å². The number of nitrogens with one attached hydrogen (secondary N) is 1. The molecule has 2 atom stereocenters. The van der Waals surface area contributed by atoms with Crippen LogP contribution in [0.1, 0.15) is 26.2 Å². The topological polar surface area (TPSA) is 69.3 Å². The molecule has 2 saturated heterocycles. The maximum Gasteiger partial charge on any atom is 0.245 e. The van der Waals surface area contributed by atoms with Crippen molar-refractivity contribution in [2.75, 3.05) is 19.6 Å². The Hall–Kier alpha value is -1.44. The molecule has 0 aromatic carbocycles. The molecule has 1 N–H and O–H groups in total. The maximum atomic E-state index is 13.3. The van der Waals surface area contributed by atoms with Crippen molar-refractivity contribution in [1.29, 1.82) is 0 Å². The van der Waals surface area contributed by atoms with Gasteiger partial charge in [0, 0.05) is 43.0 Å². The van der Waals surface area contributed by atoms with Gasteiger partial charge < -0.3 is 4.98 Å². The Morgan fingerprint density at radius 1 is 1.39 bits per heavy atom. The zero-order valence-electron chi connectivity index (χ0n) is 13.3. The number of aromatic nitrogens is 2. The highest BCUT2D eigenvalue weighted by Crippen LogP contribution is 2.32. The van der Waals surface area contributed by atoms with Gasteiger partial charge >= 0.3 is 0 Å². The van der Waals surface area contributed by atoms with Crippen molar-refractivity contribution < 1.29 is 8.42 Å². The van der Waals surface area contributed by atoms with Crippen LogP contribution in [0.4, 0.5) is 0 Å². The normalized spacial score (nSPS) is 26.7. The van der Waals surface area contributed by atoms with Crippen LogP contribution >= 0.6 is 0 Å². The van der Waals surface area contributed by atoms with Crippen LogP contribution < -0.4 is 0 Å². The first-order chi connectivity index (χ1) is 11.1. The number of pyridine rings is 1. The highest BCUT2D eigenvalue weighted by atomic mass is 32.2. The zero-order valence-corrected chi connectivity index (χ0v) is 14.1. The van der Waals surface area contributed by atoms with E-state index in [1.807, 2.05) is 6.07 Å². The van der Waals surface area contributed by atoms with Crippen molar-refractivity contribution in [2.45, 2.75) is 43.2 Å². The van der Waals surface area contributed by atoms with Gasteiger partial charge in [-0.1, -0.05) is 6.92 Å². The molecule has 0 unspecified atom stereocenters. The summed E-state index contributed by atoms with van der Waals surface area (Å²) in [6.07, 6.45) is 6.36. The summed E-state index contributed by atoms with van der Waals surface area (Å²) in [5.74, 6) is 0. The fourth-order valence-electron chi connectivity index (χ4n) is 3.96. The molecule has 6 nitrogen and oxygen atoms in total. The van der Waals surface area contributed by atoms with Crippen LogP contribution in [0.3, 0.4) is 0 Å². The third kappa shape index (κ3) is 2.38. The first kappa shape index (κ1) is 15.1. The van der Waals surface area contributed by atoms with Crippen LogP contribution in [-0.2, 0) is 10.0 Å². The Labute approximate surface area is 136 Å². The van der Waals surface area contributed by atoms with Crippen molar-refractivity contribution >= 4 is 21.1 Å². The van der Waals surface area contributed by atoms with Gasteiger partial charge in [-0.15, -0.1) is 0 Å². The average molecular weight is 334 g/mol. The molecule has 2 fully saturated rings. The minimum Gasteiger partial charge on any atom is -0.345 e. The van der Waals surface area contributed by atoms with E-state index in [2.05, 4.69) is 21.8 Å². The lowest BCUT2D eigenvalue weighted by molar-refractivity contribution is 0.106. The second-order valence-electron chi connectivity index (χ2n) is 6.48. The van der Waals surface area contributed by atoms with Gasteiger partial charge in [0.15, 0.2) is 0 Å². The number of aromatic amines is 1. The summed E-state index contributed by atoms with van der Waals surface area (Å²) in [4.78, 5) is 10.00. The van der Waals surface area contributed by atoms with E-state index in [1.54, 1.807) is 22.8 Å². The van der Waals surface area contributed by atoms with Crippen molar-refractivity contribution in [3.05, 3.63) is 24.5 Å². The third-order valence-corrected chi connectivity index (χ3v) is 7.17. The Bertz CT molecular complexity index is 816. The summed E-state index contributed by atoms with van der Waals surface area (Å²) in [6.45, 7) is 4.63. The molecule has 0 amide bonds. The van der Waals surface area contributed by atoms with Gasteiger partial charge in [-0.25, -0.2) is 13.4 Å². The average Bonchev–Trinajstić information content (AvgIpc) is 3.19. The van der Waals surface area contributed by atoms with Crippen LogP contribution in [-0.4, -0.2) is 59.3 Å². The molecule has 0 aliphatic carbocycles. The van der Waals surface area contributed by atoms with Gasteiger partial charge in [-0.3, -0.25) is 4.90 Å². The predicted molar refractivity (Wildman–Crippen MR) is 88.7 cm³/mol. The molecule has 124 valence electrons. The lowest BCUT2D eigenvalue weighted by Crippen LogP contribution is -2.57. The molecule has 0 radical (unpaired) electrons. The molecule has 4 heterocycles. The molecule has 2 aromatic heterocycles. The summed E-state index contributed by atoms with van der Waals surface area (Å²) >= 11 is 0. The molecule has 0 spiro atoms. The molecule has 2 aromatic rings. The maximum absolute atomic E-state index is 13.3. The fraction of sp³-hybridized carbons (Fsp3) is 0.562. The van der Waals surface area contributed by atoms with E-state index in [9.17, 15) is 8.42 Å². The highest BCUT2D eigenvalue weighted by Gasteiger charge is 2.42. The fourth-order valence-corrected chi connectivity index (χ4v) is 5.84. The Morgan fingerprint density at radius 3 is 3.09 bits per heavy atom.